The summed E-state index contributed by atoms with van der Waals surface area (Å²) in [5.41, 5.74) is 3.74. The van der Waals surface area contributed by atoms with Crippen LogP contribution in [0.1, 0.15) is 21.5 Å². The number of carbonyl (C=O) groups excluding carboxylic acids is 1. The third-order valence-corrected chi connectivity index (χ3v) is 3.03. The molecule has 23 heavy (non-hydrogen) atoms. The number of amides is 1. The number of hydrogen-bond acceptors (Lipinski definition) is 4. The van der Waals surface area contributed by atoms with E-state index in [1.54, 1.807) is 0 Å². The summed E-state index contributed by atoms with van der Waals surface area (Å²) in [7, 11) is 0. The summed E-state index contributed by atoms with van der Waals surface area (Å²) >= 11 is 5.58. The Morgan fingerprint density at radius 2 is 2.04 bits per heavy atom. The normalized spacial score (nSPS) is 11.3. The minimum atomic E-state index is -4.60. The molecule has 0 fully saturated rings. The Kier molecular flexibility index (Phi) is 4.69. The van der Waals surface area contributed by atoms with Gasteiger partial charge in [0, 0.05) is 18.3 Å². The maximum absolute atomic E-state index is 13.6. The van der Waals surface area contributed by atoms with E-state index < -0.39 is 23.5 Å². The van der Waals surface area contributed by atoms with E-state index in [-0.39, 0.29) is 28.8 Å². The standard InChI is InChI=1S/C13H9ClF4N4O/c14-12-21-5-8(10(19)23)11(22-12)20-4-6-3-7(13(16,17)18)1-2-9(6)15/h1-3,5H,4H2,(H2,19,23)(H,20,21,22). The third-order valence-electron chi connectivity index (χ3n) is 2.84. The first kappa shape index (κ1) is 16.9. The lowest BCUT2D eigenvalue weighted by Gasteiger charge is -2.12. The molecule has 5 nitrogen and oxygen atoms in total. The molecule has 0 aliphatic rings. The Morgan fingerprint density at radius 3 is 2.65 bits per heavy atom. The maximum Gasteiger partial charge on any atom is 0.416 e. The van der Waals surface area contributed by atoms with Gasteiger partial charge in [0.05, 0.1) is 11.1 Å². The number of benzene rings is 1. The van der Waals surface area contributed by atoms with E-state index in [0.29, 0.717) is 18.2 Å². The molecule has 2 rings (SSSR count). The van der Waals surface area contributed by atoms with Gasteiger partial charge in [-0.05, 0) is 29.8 Å². The lowest BCUT2D eigenvalue weighted by molar-refractivity contribution is -0.137. The molecule has 3 N–H and O–H groups in total. The molecule has 0 bridgehead atoms. The van der Waals surface area contributed by atoms with Gasteiger partial charge in [0.1, 0.15) is 11.6 Å². The number of aromatic nitrogens is 2. The van der Waals surface area contributed by atoms with Crippen molar-refractivity contribution in [3.05, 3.63) is 52.2 Å². The first-order chi connectivity index (χ1) is 10.7. The molecule has 0 saturated heterocycles. The van der Waals surface area contributed by atoms with Crippen LogP contribution in [0, 0.1) is 5.82 Å². The maximum atomic E-state index is 13.6. The van der Waals surface area contributed by atoms with Crippen LogP contribution >= 0.6 is 11.6 Å². The number of nitrogens with two attached hydrogens (primary N) is 1. The number of hydrogen-bond donors (Lipinski definition) is 2. The summed E-state index contributed by atoms with van der Waals surface area (Å²) in [5, 5.41) is 2.32. The summed E-state index contributed by atoms with van der Waals surface area (Å²) in [6, 6.07) is 2.01. The molecule has 122 valence electrons. The molecule has 1 aromatic heterocycles. The molecule has 1 aromatic carbocycles. The topological polar surface area (TPSA) is 80.9 Å². The van der Waals surface area contributed by atoms with Gasteiger partial charge in [-0.15, -0.1) is 0 Å². The summed E-state index contributed by atoms with van der Waals surface area (Å²) in [4.78, 5) is 18.5. The fourth-order valence-electron chi connectivity index (χ4n) is 1.74. The highest BCUT2D eigenvalue weighted by Crippen LogP contribution is 2.30. The monoisotopic (exact) mass is 348 g/mol. The highest BCUT2D eigenvalue weighted by molar-refractivity contribution is 6.28. The first-order valence-electron chi connectivity index (χ1n) is 6.10. The Labute approximate surface area is 132 Å². The van der Waals surface area contributed by atoms with Crippen molar-refractivity contribution in [3.63, 3.8) is 0 Å². The van der Waals surface area contributed by atoms with Crippen LogP contribution in [0.2, 0.25) is 5.28 Å². The van der Waals surface area contributed by atoms with Crippen LogP contribution in [-0.4, -0.2) is 15.9 Å². The molecular formula is C13H9ClF4N4O. The molecule has 1 amide bonds. The molecule has 0 unspecified atom stereocenters. The van der Waals surface area contributed by atoms with Crippen molar-refractivity contribution in [2.24, 2.45) is 5.73 Å². The summed E-state index contributed by atoms with van der Waals surface area (Å²) in [6.45, 7) is -0.358. The predicted molar refractivity (Wildman–Crippen MR) is 74.3 cm³/mol. The van der Waals surface area contributed by atoms with Gasteiger partial charge >= 0.3 is 6.18 Å². The van der Waals surface area contributed by atoms with Crippen molar-refractivity contribution in [2.45, 2.75) is 12.7 Å². The fraction of sp³-hybridized carbons (Fsp3) is 0.154. The van der Waals surface area contributed by atoms with Gasteiger partial charge in [-0.25, -0.2) is 9.37 Å². The van der Waals surface area contributed by atoms with Crippen LogP contribution in [0.4, 0.5) is 23.4 Å². The molecule has 10 heteroatoms. The van der Waals surface area contributed by atoms with Gasteiger partial charge < -0.3 is 11.1 Å². The van der Waals surface area contributed by atoms with E-state index >= 15 is 0 Å². The van der Waals surface area contributed by atoms with Crippen molar-refractivity contribution in [1.29, 1.82) is 0 Å². The molecular weight excluding hydrogens is 340 g/mol. The van der Waals surface area contributed by atoms with Crippen molar-refractivity contribution in [2.75, 3.05) is 5.32 Å². The summed E-state index contributed by atoms with van der Waals surface area (Å²) in [6.07, 6.45) is -3.54. The largest absolute Gasteiger partial charge is 0.416 e. The summed E-state index contributed by atoms with van der Waals surface area (Å²) < 4.78 is 51.6. The quantitative estimate of drug-likeness (QED) is 0.657. The number of rotatable bonds is 4. The van der Waals surface area contributed by atoms with E-state index in [0.717, 1.165) is 6.20 Å². The van der Waals surface area contributed by atoms with Gasteiger partial charge in [0.25, 0.3) is 5.91 Å². The first-order valence-corrected chi connectivity index (χ1v) is 6.48. The zero-order valence-corrected chi connectivity index (χ0v) is 12.0. The second-order valence-corrected chi connectivity index (χ2v) is 4.76. The number of alkyl halides is 3. The van der Waals surface area contributed by atoms with Gasteiger partial charge in [-0.2, -0.15) is 18.2 Å². The van der Waals surface area contributed by atoms with Gasteiger partial charge in [0.15, 0.2) is 0 Å². The molecule has 2 aromatic rings. The van der Waals surface area contributed by atoms with E-state index in [1.165, 1.54) is 0 Å². The number of primary amides is 1. The van der Waals surface area contributed by atoms with Crippen LogP contribution in [0.25, 0.3) is 0 Å². The number of halogens is 5. The molecule has 0 atom stereocenters. The molecule has 1 heterocycles. The third kappa shape index (κ3) is 4.07. The Hall–Kier alpha value is -2.42. The minimum Gasteiger partial charge on any atom is -0.365 e. The average molecular weight is 349 g/mol. The van der Waals surface area contributed by atoms with Gasteiger partial charge in [-0.3, -0.25) is 4.79 Å². The smallest absolute Gasteiger partial charge is 0.365 e. The van der Waals surface area contributed by atoms with E-state index in [9.17, 15) is 22.4 Å². The van der Waals surface area contributed by atoms with E-state index in [4.69, 9.17) is 17.3 Å². The van der Waals surface area contributed by atoms with Crippen LogP contribution in [0.5, 0.6) is 0 Å². The molecule has 0 spiro atoms. The van der Waals surface area contributed by atoms with Crippen LogP contribution < -0.4 is 11.1 Å². The van der Waals surface area contributed by atoms with Crippen LogP contribution in [0.3, 0.4) is 0 Å². The second-order valence-electron chi connectivity index (χ2n) is 4.42. The molecule has 0 aliphatic carbocycles. The fourth-order valence-corrected chi connectivity index (χ4v) is 1.87. The number of nitrogens with one attached hydrogen (secondary N) is 1. The number of anilines is 1. The van der Waals surface area contributed by atoms with Crippen LogP contribution in [0.15, 0.2) is 24.4 Å². The zero-order chi connectivity index (χ0) is 17.2. The highest BCUT2D eigenvalue weighted by Gasteiger charge is 2.31. The van der Waals surface area contributed by atoms with Crippen molar-refractivity contribution >= 4 is 23.3 Å². The lowest BCUT2D eigenvalue weighted by Crippen LogP contribution is -2.16. The second kappa shape index (κ2) is 6.37. The lowest BCUT2D eigenvalue weighted by atomic mass is 10.1. The van der Waals surface area contributed by atoms with E-state index in [2.05, 4.69) is 15.3 Å². The summed E-state index contributed by atoms with van der Waals surface area (Å²) in [5.74, 6) is -1.81. The predicted octanol–water partition coefficient (Wildman–Crippen LogP) is 3.00. The van der Waals surface area contributed by atoms with Gasteiger partial charge in [-0.1, -0.05) is 0 Å². The SMILES string of the molecule is NC(=O)c1cnc(Cl)nc1NCc1cc(C(F)(F)F)ccc1F. The Morgan fingerprint density at radius 1 is 1.35 bits per heavy atom. The molecule has 0 saturated carbocycles. The highest BCUT2D eigenvalue weighted by atomic mass is 35.5. The van der Waals surface area contributed by atoms with Crippen molar-refractivity contribution in [1.82, 2.24) is 9.97 Å². The van der Waals surface area contributed by atoms with E-state index in [1.807, 2.05) is 0 Å². The Bertz CT molecular complexity index is 751. The average Bonchev–Trinajstić information content (AvgIpc) is 2.44. The van der Waals surface area contributed by atoms with Gasteiger partial charge in [0.2, 0.25) is 5.28 Å². The van der Waals surface area contributed by atoms with Crippen molar-refractivity contribution in [3.8, 4) is 0 Å². The number of carbonyl (C=O) groups is 1. The number of nitrogens with zero attached hydrogens (tertiary/aromatic N) is 2. The minimum absolute atomic E-state index is 0.102. The molecule has 0 aliphatic heterocycles. The van der Waals surface area contributed by atoms with Crippen LogP contribution in [-0.2, 0) is 12.7 Å². The Balaban J connectivity index is 2.28. The zero-order valence-electron chi connectivity index (χ0n) is 11.3. The molecule has 0 radical (unpaired) electrons. The van der Waals surface area contributed by atoms with Crippen molar-refractivity contribution < 1.29 is 22.4 Å².